The second-order valence-electron chi connectivity index (χ2n) is 4.77. The van der Waals surface area contributed by atoms with E-state index in [1.54, 1.807) is 12.1 Å². The van der Waals surface area contributed by atoms with Crippen molar-refractivity contribution in [2.45, 2.75) is 26.3 Å². The van der Waals surface area contributed by atoms with Crippen LogP contribution in [0.3, 0.4) is 0 Å². The van der Waals surface area contributed by atoms with Crippen molar-refractivity contribution in [3.63, 3.8) is 0 Å². The number of rotatable bonds is 7. The van der Waals surface area contributed by atoms with Crippen LogP contribution in [0.5, 0.6) is 5.75 Å². The molecule has 0 unspecified atom stereocenters. The van der Waals surface area contributed by atoms with Gasteiger partial charge in [-0.15, -0.1) is 0 Å². The molecule has 0 aliphatic rings. The fourth-order valence-corrected chi connectivity index (χ4v) is 2.85. The molecule has 0 radical (unpaired) electrons. The van der Waals surface area contributed by atoms with E-state index in [4.69, 9.17) is 0 Å². The number of benzene rings is 1. The van der Waals surface area contributed by atoms with Crippen molar-refractivity contribution in [1.82, 2.24) is 5.32 Å². The lowest BCUT2D eigenvalue weighted by atomic mass is 10.3. The molecule has 0 saturated carbocycles. The maximum Gasteiger partial charge on any atom is 0.234 e. The molecule has 1 rings (SSSR count). The van der Waals surface area contributed by atoms with E-state index < -0.39 is 10.0 Å². The first-order valence-corrected chi connectivity index (χ1v) is 7.93. The zero-order valence-electron chi connectivity index (χ0n) is 11.6. The highest BCUT2D eigenvalue weighted by Gasteiger charge is 2.18. The largest absolute Gasteiger partial charge is 0.508 e. The first kappa shape index (κ1) is 15.8. The highest BCUT2D eigenvalue weighted by molar-refractivity contribution is 7.92. The van der Waals surface area contributed by atoms with E-state index in [0.29, 0.717) is 24.7 Å². The molecule has 0 spiro atoms. The molecule has 2 N–H and O–H groups in total. The van der Waals surface area contributed by atoms with Crippen LogP contribution in [0, 0.1) is 0 Å². The van der Waals surface area contributed by atoms with Crippen LogP contribution in [0.4, 0.5) is 5.69 Å². The SMILES string of the molecule is CC(C)NCCCS(=O)(=O)N(C)c1cccc(O)c1. The molecule has 6 heteroatoms. The number of phenols is 1. The van der Waals surface area contributed by atoms with Gasteiger partial charge in [0.15, 0.2) is 0 Å². The molecule has 0 saturated heterocycles. The number of aromatic hydroxyl groups is 1. The van der Waals surface area contributed by atoms with E-state index in [2.05, 4.69) is 5.32 Å². The topological polar surface area (TPSA) is 69.6 Å². The summed E-state index contributed by atoms with van der Waals surface area (Å²) in [5, 5.41) is 12.6. The second-order valence-corrected chi connectivity index (χ2v) is 6.89. The highest BCUT2D eigenvalue weighted by Crippen LogP contribution is 2.21. The van der Waals surface area contributed by atoms with Crippen LogP contribution in [-0.2, 0) is 10.0 Å². The fraction of sp³-hybridized carbons (Fsp3) is 0.538. The van der Waals surface area contributed by atoms with E-state index in [9.17, 15) is 13.5 Å². The molecule has 0 bridgehead atoms. The Kier molecular flexibility index (Phi) is 5.62. The number of nitrogens with zero attached hydrogens (tertiary/aromatic N) is 1. The Hall–Kier alpha value is -1.27. The summed E-state index contributed by atoms with van der Waals surface area (Å²) in [6.45, 7) is 4.71. The number of hydrogen-bond donors (Lipinski definition) is 2. The predicted octanol–water partition coefficient (Wildman–Crippen LogP) is 1.55. The van der Waals surface area contributed by atoms with E-state index in [1.165, 1.54) is 23.5 Å². The fourth-order valence-electron chi connectivity index (χ4n) is 1.63. The lowest BCUT2D eigenvalue weighted by molar-refractivity contribution is 0.475. The van der Waals surface area contributed by atoms with Gasteiger partial charge in [-0.25, -0.2) is 8.42 Å². The Labute approximate surface area is 115 Å². The van der Waals surface area contributed by atoms with E-state index in [1.807, 2.05) is 13.8 Å². The van der Waals surface area contributed by atoms with Gasteiger partial charge in [-0.1, -0.05) is 19.9 Å². The average molecular weight is 286 g/mol. The Morgan fingerprint density at radius 1 is 1.37 bits per heavy atom. The zero-order valence-corrected chi connectivity index (χ0v) is 12.4. The van der Waals surface area contributed by atoms with Crippen molar-refractivity contribution in [3.05, 3.63) is 24.3 Å². The minimum absolute atomic E-state index is 0.0565. The van der Waals surface area contributed by atoms with Gasteiger partial charge in [-0.3, -0.25) is 4.31 Å². The van der Waals surface area contributed by atoms with Crippen molar-refractivity contribution >= 4 is 15.7 Å². The molecule has 1 aromatic rings. The molecule has 0 aliphatic carbocycles. The Balaban J connectivity index is 2.62. The van der Waals surface area contributed by atoms with Gasteiger partial charge in [0.1, 0.15) is 5.75 Å². The third kappa shape index (κ3) is 5.08. The quantitative estimate of drug-likeness (QED) is 0.746. The highest BCUT2D eigenvalue weighted by atomic mass is 32.2. The molecular weight excluding hydrogens is 264 g/mol. The van der Waals surface area contributed by atoms with Crippen LogP contribution in [0.25, 0.3) is 0 Å². The summed E-state index contributed by atoms with van der Waals surface area (Å²) in [6.07, 6.45) is 0.559. The van der Waals surface area contributed by atoms with E-state index >= 15 is 0 Å². The number of nitrogens with one attached hydrogen (secondary N) is 1. The average Bonchev–Trinajstić information content (AvgIpc) is 2.33. The third-order valence-corrected chi connectivity index (χ3v) is 4.59. The number of phenolic OH excluding ortho intramolecular Hbond substituents is 1. The number of hydrogen-bond acceptors (Lipinski definition) is 4. The first-order chi connectivity index (χ1) is 8.83. The molecule has 5 nitrogen and oxygen atoms in total. The molecule has 1 aromatic carbocycles. The molecule has 0 aromatic heterocycles. The summed E-state index contributed by atoms with van der Waals surface area (Å²) in [5.74, 6) is 0.139. The lowest BCUT2D eigenvalue weighted by Crippen LogP contribution is -2.31. The summed E-state index contributed by atoms with van der Waals surface area (Å²) >= 11 is 0. The van der Waals surface area contributed by atoms with Gasteiger partial charge in [0, 0.05) is 19.2 Å². The Bertz CT molecular complexity index is 500. The molecule has 19 heavy (non-hydrogen) atoms. The normalized spacial score (nSPS) is 11.8. The monoisotopic (exact) mass is 286 g/mol. The zero-order chi connectivity index (χ0) is 14.5. The van der Waals surface area contributed by atoms with Gasteiger partial charge >= 0.3 is 0 Å². The second kappa shape index (κ2) is 6.77. The molecule has 108 valence electrons. The van der Waals surface area contributed by atoms with Gasteiger partial charge in [0.25, 0.3) is 0 Å². The van der Waals surface area contributed by atoms with Gasteiger partial charge in [-0.05, 0) is 25.1 Å². The summed E-state index contributed by atoms with van der Waals surface area (Å²) in [7, 11) is -1.85. The van der Waals surface area contributed by atoms with Crippen LogP contribution >= 0.6 is 0 Å². The van der Waals surface area contributed by atoms with E-state index in [0.717, 1.165) is 0 Å². The van der Waals surface area contributed by atoms with Crippen molar-refractivity contribution in [2.75, 3.05) is 23.7 Å². The van der Waals surface area contributed by atoms with Crippen molar-refractivity contribution < 1.29 is 13.5 Å². The van der Waals surface area contributed by atoms with Gasteiger partial charge in [0.05, 0.1) is 11.4 Å². The summed E-state index contributed by atoms with van der Waals surface area (Å²) < 4.78 is 25.4. The smallest absolute Gasteiger partial charge is 0.234 e. The Morgan fingerprint density at radius 3 is 2.63 bits per heavy atom. The minimum Gasteiger partial charge on any atom is -0.508 e. The van der Waals surface area contributed by atoms with Crippen molar-refractivity contribution in [2.24, 2.45) is 0 Å². The van der Waals surface area contributed by atoms with Crippen molar-refractivity contribution in [1.29, 1.82) is 0 Å². The first-order valence-electron chi connectivity index (χ1n) is 6.32. The van der Waals surface area contributed by atoms with Crippen LogP contribution in [0.2, 0.25) is 0 Å². The molecular formula is C13H22N2O3S. The van der Waals surface area contributed by atoms with Crippen LogP contribution < -0.4 is 9.62 Å². The summed E-state index contributed by atoms with van der Waals surface area (Å²) in [5.41, 5.74) is 0.469. The third-order valence-electron chi connectivity index (χ3n) is 2.74. The van der Waals surface area contributed by atoms with Crippen LogP contribution in [-0.4, -0.2) is 38.9 Å². The molecule has 0 fully saturated rings. The van der Waals surface area contributed by atoms with Gasteiger partial charge in [0.2, 0.25) is 10.0 Å². The lowest BCUT2D eigenvalue weighted by Gasteiger charge is -2.19. The van der Waals surface area contributed by atoms with Crippen LogP contribution in [0.1, 0.15) is 20.3 Å². The molecule has 0 amide bonds. The summed E-state index contributed by atoms with van der Waals surface area (Å²) in [6, 6.07) is 6.58. The molecule has 0 aliphatic heterocycles. The Morgan fingerprint density at radius 2 is 2.05 bits per heavy atom. The van der Waals surface area contributed by atoms with Gasteiger partial charge in [-0.2, -0.15) is 0 Å². The van der Waals surface area contributed by atoms with Crippen molar-refractivity contribution in [3.8, 4) is 5.75 Å². The molecule has 0 atom stereocenters. The predicted molar refractivity (Wildman–Crippen MR) is 78.1 cm³/mol. The number of anilines is 1. The van der Waals surface area contributed by atoms with Crippen LogP contribution in [0.15, 0.2) is 24.3 Å². The van der Waals surface area contributed by atoms with Gasteiger partial charge < -0.3 is 10.4 Å². The molecule has 0 heterocycles. The maximum absolute atomic E-state index is 12.1. The minimum atomic E-state index is -3.35. The number of sulfonamides is 1. The van der Waals surface area contributed by atoms with E-state index in [-0.39, 0.29) is 11.5 Å². The maximum atomic E-state index is 12.1. The standard InChI is InChI=1S/C13H22N2O3S/c1-11(2)14-8-5-9-19(17,18)15(3)12-6-4-7-13(16)10-12/h4,6-7,10-11,14,16H,5,8-9H2,1-3H3. The summed E-state index contributed by atoms with van der Waals surface area (Å²) in [4.78, 5) is 0.